The van der Waals surface area contributed by atoms with Crippen molar-refractivity contribution < 1.29 is 9.63 Å². The molecule has 0 radical (unpaired) electrons. The Morgan fingerprint density at radius 2 is 2.50 bits per heavy atom. The van der Waals surface area contributed by atoms with Crippen LogP contribution in [0.5, 0.6) is 0 Å². The van der Waals surface area contributed by atoms with Gasteiger partial charge in [-0.3, -0.25) is 4.79 Å². The minimum Gasteiger partial charge on any atom is -0.398 e. The summed E-state index contributed by atoms with van der Waals surface area (Å²) in [6.45, 7) is 1.39. The standard InChI is InChI=1S/C4H8N2O2/c1-4(7)5-3-6-8-2/h3H,1-2H3,(H,5,6,7). The van der Waals surface area contributed by atoms with Crippen molar-refractivity contribution in [2.24, 2.45) is 5.16 Å². The first-order chi connectivity index (χ1) is 3.77. The van der Waals surface area contributed by atoms with Gasteiger partial charge in [0, 0.05) is 6.92 Å². The van der Waals surface area contributed by atoms with Crippen LogP contribution in [0, 0.1) is 0 Å². The van der Waals surface area contributed by atoms with Gasteiger partial charge in [0.2, 0.25) is 5.91 Å². The maximum atomic E-state index is 10.1. The van der Waals surface area contributed by atoms with Crippen molar-refractivity contribution in [2.45, 2.75) is 6.92 Å². The molecule has 0 unspecified atom stereocenters. The Bertz CT molecular complexity index is 100. The molecule has 46 valence electrons. The molecule has 0 saturated heterocycles. The first-order valence-corrected chi connectivity index (χ1v) is 2.09. The van der Waals surface area contributed by atoms with Crippen molar-refractivity contribution >= 4 is 12.2 Å². The molecule has 0 aromatic rings. The fourth-order valence-electron chi connectivity index (χ4n) is 0.170. The lowest BCUT2D eigenvalue weighted by Gasteiger charge is -1.87. The average molecular weight is 116 g/mol. The van der Waals surface area contributed by atoms with E-state index in [1.54, 1.807) is 0 Å². The van der Waals surface area contributed by atoms with Crippen LogP contribution in [0.2, 0.25) is 0 Å². The van der Waals surface area contributed by atoms with Crippen LogP contribution in [-0.2, 0) is 9.63 Å². The molecule has 0 aliphatic rings. The molecule has 0 heterocycles. The lowest BCUT2D eigenvalue weighted by molar-refractivity contribution is -0.117. The quantitative estimate of drug-likeness (QED) is 0.306. The lowest BCUT2D eigenvalue weighted by atomic mass is 10.7. The van der Waals surface area contributed by atoms with Crippen LogP contribution in [0.25, 0.3) is 0 Å². The molecule has 1 N–H and O–H groups in total. The second kappa shape index (κ2) is 4.11. The molecule has 8 heavy (non-hydrogen) atoms. The van der Waals surface area contributed by atoms with Crippen molar-refractivity contribution in [3.8, 4) is 0 Å². The molecule has 0 rings (SSSR count). The first-order valence-electron chi connectivity index (χ1n) is 2.09. The Hall–Kier alpha value is -1.06. The van der Waals surface area contributed by atoms with E-state index in [4.69, 9.17) is 0 Å². The van der Waals surface area contributed by atoms with Crippen LogP contribution in [0.3, 0.4) is 0 Å². The molecule has 0 atom stereocenters. The highest BCUT2D eigenvalue weighted by Crippen LogP contribution is 1.59. The van der Waals surface area contributed by atoms with Gasteiger partial charge in [0.25, 0.3) is 0 Å². The molecule has 0 saturated carbocycles. The Morgan fingerprint density at radius 3 is 2.88 bits per heavy atom. The highest BCUT2D eigenvalue weighted by Gasteiger charge is 1.79. The number of nitrogens with zero attached hydrogens (tertiary/aromatic N) is 1. The predicted molar refractivity (Wildman–Crippen MR) is 29.3 cm³/mol. The van der Waals surface area contributed by atoms with Crippen LogP contribution in [0.15, 0.2) is 5.16 Å². The molecule has 0 aromatic heterocycles. The van der Waals surface area contributed by atoms with Crippen LogP contribution in [0.1, 0.15) is 6.92 Å². The van der Waals surface area contributed by atoms with Gasteiger partial charge in [0.15, 0.2) is 0 Å². The topological polar surface area (TPSA) is 50.7 Å². The zero-order valence-electron chi connectivity index (χ0n) is 4.84. The van der Waals surface area contributed by atoms with Gasteiger partial charge in [-0.2, -0.15) is 0 Å². The van der Waals surface area contributed by atoms with Gasteiger partial charge in [-0.15, -0.1) is 0 Å². The fraction of sp³-hybridized carbons (Fsp3) is 0.500. The summed E-state index contributed by atoms with van der Waals surface area (Å²) >= 11 is 0. The average Bonchev–Trinajstić information content (AvgIpc) is 1.66. The van der Waals surface area contributed by atoms with Crippen molar-refractivity contribution in [2.75, 3.05) is 7.11 Å². The van der Waals surface area contributed by atoms with Gasteiger partial charge in [-0.05, 0) is 0 Å². The third kappa shape index (κ3) is 4.94. The van der Waals surface area contributed by atoms with Crippen molar-refractivity contribution in [1.29, 1.82) is 0 Å². The molecule has 4 heteroatoms. The van der Waals surface area contributed by atoms with E-state index < -0.39 is 0 Å². The van der Waals surface area contributed by atoms with E-state index in [0.717, 1.165) is 0 Å². The SMILES string of the molecule is CON=CNC(C)=O. The maximum absolute atomic E-state index is 10.1. The molecule has 1 amide bonds. The number of hydrogen-bond acceptors (Lipinski definition) is 3. The third-order valence-electron chi connectivity index (χ3n) is 0.426. The van der Waals surface area contributed by atoms with E-state index in [9.17, 15) is 4.79 Å². The normalized spacial score (nSPS) is 9.25. The Kier molecular flexibility index (Phi) is 3.56. The van der Waals surface area contributed by atoms with Crippen molar-refractivity contribution in [1.82, 2.24) is 5.32 Å². The van der Waals surface area contributed by atoms with E-state index in [-0.39, 0.29) is 5.91 Å². The van der Waals surface area contributed by atoms with Gasteiger partial charge < -0.3 is 10.2 Å². The van der Waals surface area contributed by atoms with Crippen LogP contribution in [-0.4, -0.2) is 19.4 Å². The van der Waals surface area contributed by atoms with E-state index in [1.165, 1.54) is 20.4 Å². The van der Waals surface area contributed by atoms with Crippen LogP contribution < -0.4 is 5.32 Å². The summed E-state index contributed by atoms with van der Waals surface area (Å²) in [7, 11) is 1.40. The first kappa shape index (κ1) is 6.94. The summed E-state index contributed by atoms with van der Waals surface area (Å²) in [5.74, 6) is -0.161. The number of rotatable bonds is 2. The Balaban J connectivity index is 3.16. The smallest absolute Gasteiger partial charge is 0.222 e. The third-order valence-corrected chi connectivity index (χ3v) is 0.426. The van der Waals surface area contributed by atoms with Gasteiger partial charge in [-0.1, -0.05) is 5.16 Å². The van der Waals surface area contributed by atoms with E-state index >= 15 is 0 Å². The molecule has 0 aromatic carbocycles. The summed E-state index contributed by atoms with van der Waals surface area (Å²) in [5, 5.41) is 5.55. The fourth-order valence-corrected chi connectivity index (χ4v) is 0.170. The highest BCUT2D eigenvalue weighted by atomic mass is 16.6. The van der Waals surface area contributed by atoms with Crippen LogP contribution in [0.4, 0.5) is 0 Å². The Labute approximate surface area is 47.5 Å². The maximum Gasteiger partial charge on any atom is 0.222 e. The minimum absolute atomic E-state index is 0.161. The number of amides is 1. The molecular formula is C4H8N2O2. The van der Waals surface area contributed by atoms with Crippen molar-refractivity contribution in [3.63, 3.8) is 0 Å². The molecule has 0 bridgehead atoms. The number of hydrogen-bond donors (Lipinski definition) is 1. The molecule has 0 aliphatic carbocycles. The molecule has 0 aliphatic heterocycles. The zero-order chi connectivity index (χ0) is 6.41. The summed E-state index contributed by atoms with van der Waals surface area (Å²) in [6.07, 6.45) is 1.18. The summed E-state index contributed by atoms with van der Waals surface area (Å²) in [5.41, 5.74) is 0. The van der Waals surface area contributed by atoms with E-state index in [0.29, 0.717) is 0 Å². The zero-order valence-corrected chi connectivity index (χ0v) is 4.84. The van der Waals surface area contributed by atoms with Gasteiger partial charge in [-0.25, -0.2) is 0 Å². The van der Waals surface area contributed by atoms with Crippen LogP contribution >= 0.6 is 0 Å². The van der Waals surface area contributed by atoms with E-state index in [2.05, 4.69) is 15.3 Å². The second-order valence-electron chi connectivity index (χ2n) is 1.12. The van der Waals surface area contributed by atoms with Gasteiger partial charge in [0.05, 0.1) is 0 Å². The summed E-state index contributed by atoms with van der Waals surface area (Å²) < 4.78 is 0. The Morgan fingerprint density at radius 1 is 1.88 bits per heavy atom. The number of oxime groups is 1. The second-order valence-corrected chi connectivity index (χ2v) is 1.12. The molecule has 0 spiro atoms. The van der Waals surface area contributed by atoms with Gasteiger partial charge in [0.1, 0.15) is 13.4 Å². The monoisotopic (exact) mass is 116 g/mol. The predicted octanol–water partition coefficient (Wildman–Crippen LogP) is -0.288. The largest absolute Gasteiger partial charge is 0.398 e. The van der Waals surface area contributed by atoms with Crippen molar-refractivity contribution in [3.05, 3.63) is 0 Å². The number of carbonyl (C=O) groups is 1. The molecule has 0 fully saturated rings. The molecule has 4 nitrogen and oxygen atoms in total. The number of carbonyl (C=O) groups excluding carboxylic acids is 1. The molecular weight excluding hydrogens is 108 g/mol. The summed E-state index contributed by atoms with van der Waals surface area (Å²) in [4.78, 5) is 14.3. The lowest BCUT2D eigenvalue weighted by Crippen LogP contribution is -2.16. The highest BCUT2D eigenvalue weighted by molar-refractivity contribution is 5.85. The van der Waals surface area contributed by atoms with E-state index in [1.807, 2.05) is 0 Å². The summed E-state index contributed by atoms with van der Waals surface area (Å²) in [6, 6.07) is 0. The minimum atomic E-state index is -0.161. The number of nitrogens with one attached hydrogen (secondary N) is 1. The van der Waals surface area contributed by atoms with Gasteiger partial charge >= 0.3 is 0 Å².